The summed E-state index contributed by atoms with van der Waals surface area (Å²) in [6.45, 7) is 3.30. The molecule has 0 radical (unpaired) electrons. The van der Waals surface area contributed by atoms with E-state index in [0.29, 0.717) is 37.5 Å². The molecule has 7 heteroatoms. The third-order valence-electron chi connectivity index (χ3n) is 5.72. The maximum atomic E-state index is 13.0. The Morgan fingerprint density at radius 2 is 1.88 bits per heavy atom. The number of carbonyl (C=O) groups excluding carboxylic acids is 2. The molecule has 1 aromatic heterocycles. The van der Waals surface area contributed by atoms with Crippen molar-refractivity contribution >= 4 is 28.8 Å². The average molecular weight is 478 g/mol. The summed E-state index contributed by atoms with van der Waals surface area (Å²) < 4.78 is 11.0. The van der Waals surface area contributed by atoms with E-state index in [0.717, 1.165) is 10.4 Å². The van der Waals surface area contributed by atoms with E-state index in [-0.39, 0.29) is 11.3 Å². The quantitative estimate of drug-likeness (QED) is 0.201. The number of hydrogen-bond acceptors (Lipinski definition) is 6. The molecule has 1 fully saturated rings. The zero-order chi connectivity index (χ0) is 24.1. The number of rotatable bonds is 9. The molecule has 0 spiro atoms. The molecule has 1 N–H and O–H groups in total. The maximum Gasteiger partial charge on any atom is 0.295 e. The third kappa shape index (κ3) is 5.05. The van der Waals surface area contributed by atoms with Crippen LogP contribution in [0.4, 0.5) is 0 Å². The minimum Gasteiger partial charge on any atom is -0.507 e. The van der Waals surface area contributed by atoms with E-state index in [1.165, 1.54) is 21.8 Å². The van der Waals surface area contributed by atoms with E-state index in [1.54, 1.807) is 31.4 Å². The molecule has 1 aliphatic heterocycles. The van der Waals surface area contributed by atoms with Crippen molar-refractivity contribution < 1.29 is 24.2 Å². The van der Waals surface area contributed by atoms with Crippen LogP contribution in [0.3, 0.4) is 0 Å². The summed E-state index contributed by atoms with van der Waals surface area (Å²) in [5, 5.41) is 13.0. The number of ketones is 1. The Bertz CT molecular complexity index is 1180. The standard InChI is InChI=1S/C27H27NO5S/c1-18-6-3-7-19(16-18)17-33-21-11-9-20(10-12-21)25(29)23-24(22-8-4-15-34-22)28(13-5-14-32-2)27(31)26(23)30/h3-4,6-12,15-16,24,29H,5,13-14,17H2,1-2H3. The first-order chi connectivity index (χ1) is 16.5. The van der Waals surface area contributed by atoms with Gasteiger partial charge in [-0.25, -0.2) is 0 Å². The molecule has 34 heavy (non-hydrogen) atoms. The van der Waals surface area contributed by atoms with Gasteiger partial charge in [-0.1, -0.05) is 35.9 Å². The van der Waals surface area contributed by atoms with Crippen LogP contribution >= 0.6 is 11.3 Å². The minimum absolute atomic E-state index is 0.110. The summed E-state index contributed by atoms with van der Waals surface area (Å²) in [7, 11) is 1.60. The molecule has 2 aromatic carbocycles. The summed E-state index contributed by atoms with van der Waals surface area (Å²) >= 11 is 1.45. The van der Waals surface area contributed by atoms with Gasteiger partial charge in [0.25, 0.3) is 11.7 Å². The minimum atomic E-state index is -0.673. The predicted octanol–water partition coefficient (Wildman–Crippen LogP) is 5.09. The Kier molecular flexibility index (Phi) is 7.45. The number of ether oxygens (including phenoxy) is 2. The zero-order valence-corrected chi connectivity index (χ0v) is 20.0. The fraction of sp³-hybridized carbons (Fsp3) is 0.259. The molecule has 0 saturated carbocycles. The average Bonchev–Trinajstić information content (AvgIpc) is 3.45. The van der Waals surface area contributed by atoms with Gasteiger partial charge in [0.05, 0.1) is 11.6 Å². The van der Waals surface area contributed by atoms with Crippen LogP contribution in [0, 0.1) is 6.92 Å². The number of carbonyl (C=O) groups is 2. The molecule has 1 saturated heterocycles. The molecule has 1 amide bonds. The number of aryl methyl sites for hydroxylation is 1. The number of thiophene rings is 1. The van der Waals surface area contributed by atoms with E-state index in [4.69, 9.17) is 9.47 Å². The lowest BCUT2D eigenvalue weighted by Gasteiger charge is -2.24. The normalized spacial score (nSPS) is 17.4. The Labute approximate surface area is 203 Å². The van der Waals surface area contributed by atoms with Crippen LogP contribution in [-0.4, -0.2) is 42.0 Å². The number of methoxy groups -OCH3 is 1. The second kappa shape index (κ2) is 10.7. The zero-order valence-electron chi connectivity index (χ0n) is 19.2. The van der Waals surface area contributed by atoms with Gasteiger partial charge < -0.3 is 19.5 Å². The van der Waals surface area contributed by atoms with Gasteiger partial charge in [-0.2, -0.15) is 0 Å². The van der Waals surface area contributed by atoms with Gasteiger partial charge in [0.15, 0.2) is 0 Å². The maximum absolute atomic E-state index is 13.0. The summed E-state index contributed by atoms with van der Waals surface area (Å²) in [5.41, 5.74) is 2.80. The SMILES string of the molecule is COCCCN1C(=O)C(=O)C(=C(O)c2ccc(OCc3cccc(C)c3)cc2)C1c1cccs1. The van der Waals surface area contributed by atoms with Gasteiger partial charge in [-0.05, 0) is 54.6 Å². The molecular formula is C27H27NO5S. The number of likely N-dealkylation sites (tertiary alicyclic amines) is 1. The highest BCUT2D eigenvalue weighted by molar-refractivity contribution is 7.10. The van der Waals surface area contributed by atoms with Gasteiger partial charge >= 0.3 is 0 Å². The van der Waals surface area contributed by atoms with Gasteiger partial charge in [-0.15, -0.1) is 11.3 Å². The molecule has 6 nitrogen and oxygen atoms in total. The highest BCUT2D eigenvalue weighted by Gasteiger charge is 2.46. The first-order valence-electron chi connectivity index (χ1n) is 11.1. The number of benzene rings is 2. The second-order valence-corrected chi connectivity index (χ2v) is 9.14. The molecule has 176 valence electrons. The lowest BCUT2D eigenvalue weighted by Crippen LogP contribution is -2.31. The molecule has 2 heterocycles. The van der Waals surface area contributed by atoms with Gasteiger partial charge in [-0.3, -0.25) is 9.59 Å². The van der Waals surface area contributed by atoms with E-state index >= 15 is 0 Å². The highest BCUT2D eigenvalue weighted by atomic mass is 32.1. The topological polar surface area (TPSA) is 76.1 Å². The predicted molar refractivity (Wildman–Crippen MR) is 132 cm³/mol. The number of Topliss-reactive ketones (excluding diaryl/α,β-unsaturated/α-hetero) is 1. The van der Waals surface area contributed by atoms with E-state index in [1.807, 2.05) is 42.6 Å². The number of aliphatic hydroxyl groups excluding tert-OH is 1. The molecule has 1 unspecified atom stereocenters. The molecular weight excluding hydrogens is 450 g/mol. The number of aliphatic hydroxyl groups is 1. The Morgan fingerprint density at radius 1 is 1.09 bits per heavy atom. The van der Waals surface area contributed by atoms with Crippen molar-refractivity contribution in [3.05, 3.63) is 93.2 Å². The molecule has 1 atom stereocenters. The smallest absolute Gasteiger partial charge is 0.295 e. The first kappa shape index (κ1) is 23.7. The van der Waals surface area contributed by atoms with E-state index < -0.39 is 17.7 Å². The van der Waals surface area contributed by atoms with Crippen molar-refractivity contribution in [2.45, 2.75) is 26.0 Å². The summed E-state index contributed by atoms with van der Waals surface area (Å²) in [6, 6.07) is 18.1. The van der Waals surface area contributed by atoms with Crippen molar-refractivity contribution in [2.75, 3.05) is 20.3 Å². The van der Waals surface area contributed by atoms with Crippen LogP contribution in [0.1, 0.15) is 34.0 Å². The van der Waals surface area contributed by atoms with Gasteiger partial charge in [0.2, 0.25) is 0 Å². The van der Waals surface area contributed by atoms with Crippen molar-refractivity contribution in [1.29, 1.82) is 0 Å². The van der Waals surface area contributed by atoms with Crippen molar-refractivity contribution in [3.8, 4) is 5.75 Å². The molecule has 3 aromatic rings. The summed E-state index contributed by atoms with van der Waals surface area (Å²) in [5.74, 6) is -0.814. The molecule has 0 bridgehead atoms. The Hall–Kier alpha value is -3.42. The summed E-state index contributed by atoms with van der Waals surface area (Å²) in [4.78, 5) is 28.1. The molecule has 0 aliphatic carbocycles. The Morgan fingerprint density at radius 3 is 2.56 bits per heavy atom. The third-order valence-corrected chi connectivity index (χ3v) is 6.64. The van der Waals surface area contributed by atoms with Gasteiger partial charge in [0, 0.05) is 30.7 Å². The molecule has 4 rings (SSSR count). The second-order valence-electron chi connectivity index (χ2n) is 8.16. The van der Waals surface area contributed by atoms with Crippen LogP contribution < -0.4 is 4.74 Å². The number of nitrogens with zero attached hydrogens (tertiary/aromatic N) is 1. The largest absolute Gasteiger partial charge is 0.507 e. The van der Waals surface area contributed by atoms with E-state index in [9.17, 15) is 14.7 Å². The Balaban J connectivity index is 1.59. The lowest BCUT2D eigenvalue weighted by molar-refractivity contribution is -0.140. The monoisotopic (exact) mass is 477 g/mol. The van der Waals surface area contributed by atoms with Crippen LogP contribution in [0.5, 0.6) is 5.75 Å². The number of amides is 1. The van der Waals surface area contributed by atoms with Crippen LogP contribution in [0.25, 0.3) is 5.76 Å². The fourth-order valence-electron chi connectivity index (χ4n) is 4.07. The fourth-order valence-corrected chi connectivity index (χ4v) is 4.91. The van der Waals surface area contributed by atoms with E-state index in [2.05, 4.69) is 6.07 Å². The van der Waals surface area contributed by atoms with Gasteiger partial charge in [0.1, 0.15) is 18.1 Å². The van der Waals surface area contributed by atoms with Crippen LogP contribution in [0.15, 0.2) is 71.6 Å². The molecule has 1 aliphatic rings. The van der Waals surface area contributed by atoms with Crippen LogP contribution in [-0.2, 0) is 20.9 Å². The first-order valence-corrected chi connectivity index (χ1v) is 12.0. The number of hydrogen-bond donors (Lipinski definition) is 1. The van der Waals surface area contributed by atoms with Crippen molar-refractivity contribution in [2.24, 2.45) is 0 Å². The highest BCUT2D eigenvalue weighted by Crippen LogP contribution is 2.41. The van der Waals surface area contributed by atoms with Crippen LogP contribution in [0.2, 0.25) is 0 Å². The van der Waals surface area contributed by atoms with Crippen molar-refractivity contribution in [3.63, 3.8) is 0 Å². The lowest BCUT2D eigenvalue weighted by atomic mass is 10.00. The summed E-state index contributed by atoms with van der Waals surface area (Å²) in [6.07, 6.45) is 0.596. The van der Waals surface area contributed by atoms with Crippen molar-refractivity contribution in [1.82, 2.24) is 4.90 Å².